The first kappa shape index (κ1) is 40.2. The van der Waals surface area contributed by atoms with Gasteiger partial charge in [-0.25, -0.2) is 15.0 Å². The lowest BCUT2D eigenvalue weighted by atomic mass is 9.89. The second-order valence-electron chi connectivity index (χ2n) is 17.5. The average molecular weight is 886 g/mol. The van der Waals surface area contributed by atoms with Gasteiger partial charge in [-0.2, -0.15) is 0 Å². The number of allylic oxidation sites excluding steroid dienone is 4. The lowest BCUT2D eigenvalue weighted by Crippen LogP contribution is -2.14. The molecule has 0 amide bonds. The summed E-state index contributed by atoms with van der Waals surface area (Å²) >= 11 is 0. The van der Waals surface area contributed by atoms with E-state index >= 15 is 0 Å². The van der Waals surface area contributed by atoms with Crippen LogP contribution in [0, 0.1) is 0 Å². The molecule has 13 rings (SSSR count). The van der Waals surface area contributed by atoms with E-state index in [1.54, 1.807) is 0 Å². The third kappa shape index (κ3) is 7.18. The smallest absolute Gasteiger partial charge is 0.164 e. The van der Waals surface area contributed by atoms with Crippen molar-refractivity contribution in [2.75, 3.05) is 4.90 Å². The van der Waals surface area contributed by atoms with Gasteiger partial charge < -0.3 is 13.9 Å². The molecule has 0 radical (unpaired) electrons. The van der Waals surface area contributed by atoms with Crippen LogP contribution in [0.25, 0.3) is 100 Å². The summed E-state index contributed by atoms with van der Waals surface area (Å²) in [6.45, 7) is 0. The fourth-order valence-electron chi connectivity index (χ4n) is 10.0. The summed E-state index contributed by atoms with van der Waals surface area (Å²) in [5.41, 5.74) is 15.1. The molecule has 0 saturated carbocycles. The molecule has 3 aromatic heterocycles. The Hall–Kier alpha value is -9.13. The van der Waals surface area contributed by atoms with Gasteiger partial charge in [-0.15, -0.1) is 0 Å². The maximum absolute atomic E-state index is 6.96. The van der Waals surface area contributed by atoms with Crippen LogP contribution in [-0.2, 0) is 0 Å². The Labute approximate surface area is 399 Å². The Balaban J connectivity index is 1.05. The minimum Gasteiger partial charge on any atom is -0.456 e. The van der Waals surface area contributed by atoms with E-state index < -0.39 is 0 Å². The molecule has 6 heteroatoms. The third-order valence-corrected chi connectivity index (χ3v) is 13.2. The Bertz CT molecular complexity index is 3880. The first-order chi connectivity index (χ1) is 34.2. The van der Waals surface area contributed by atoms with Crippen molar-refractivity contribution < 1.29 is 4.42 Å². The van der Waals surface area contributed by atoms with E-state index in [1.165, 1.54) is 16.3 Å². The van der Waals surface area contributed by atoms with E-state index in [2.05, 4.69) is 210 Å². The summed E-state index contributed by atoms with van der Waals surface area (Å²) in [7, 11) is 0. The highest BCUT2D eigenvalue weighted by atomic mass is 16.3. The molecule has 0 atom stereocenters. The van der Waals surface area contributed by atoms with Gasteiger partial charge in [-0.3, -0.25) is 0 Å². The molecule has 0 unspecified atom stereocenters. The number of hydrogen-bond acceptors (Lipinski definition) is 5. The maximum Gasteiger partial charge on any atom is 0.164 e. The van der Waals surface area contributed by atoms with E-state index in [4.69, 9.17) is 19.4 Å². The van der Waals surface area contributed by atoms with E-state index in [9.17, 15) is 0 Å². The lowest BCUT2D eigenvalue weighted by Gasteiger charge is -2.31. The van der Waals surface area contributed by atoms with Gasteiger partial charge >= 0.3 is 0 Å². The zero-order valence-electron chi connectivity index (χ0n) is 37.6. The van der Waals surface area contributed by atoms with Gasteiger partial charge in [0, 0.05) is 78.6 Å². The van der Waals surface area contributed by atoms with Gasteiger partial charge in [0.1, 0.15) is 11.2 Å². The molecule has 12 aromatic rings. The molecule has 0 spiro atoms. The van der Waals surface area contributed by atoms with Crippen molar-refractivity contribution in [2.45, 2.75) is 12.8 Å². The number of furan rings is 1. The van der Waals surface area contributed by atoms with Crippen LogP contribution in [0.4, 0.5) is 17.1 Å². The van der Waals surface area contributed by atoms with Crippen molar-refractivity contribution >= 4 is 66.4 Å². The number of para-hydroxylation sites is 3. The molecular formula is C63H43N5O. The lowest BCUT2D eigenvalue weighted by molar-refractivity contribution is 0.669. The van der Waals surface area contributed by atoms with E-state index in [1.807, 2.05) is 36.4 Å². The Kier molecular flexibility index (Phi) is 9.86. The van der Waals surface area contributed by atoms with Gasteiger partial charge in [-0.1, -0.05) is 164 Å². The molecule has 0 N–H and O–H groups in total. The summed E-state index contributed by atoms with van der Waals surface area (Å²) in [6, 6.07) is 76.6. The van der Waals surface area contributed by atoms with Crippen molar-refractivity contribution in [3.63, 3.8) is 0 Å². The molecule has 9 aromatic carbocycles. The quantitative estimate of drug-likeness (QED) is 0.144. The number of nitrogens with zero attached hydrogens (tertiary/aromatic N) is 5. The molecule has 0 bridgehead atoms. The molecule has 0 saturated heterocycles. The zero-order chi connectivity index (χ0) is 45.7. The Morgan fingerprint density at radius 3 is 1.65 bits per heavy atom. The van der Waals surface area contributed by atoms with Crippen molar-refractivity contribution in [3.05, 3.63) is 242 Å². The largest absolute Gasteiger partial charge is 0.456 e. The average Bonchev–Trinajstić information content (AvgIpc) is 3.95. The molecule has 69 heavy (non-hydrogen) atoms. The van der Waals surface area contributed by atoms with Crippen LogP contribution < -0.4 is 4.90 Å². The zero-order valence-corrected chi connectivity index (χ0v) is 37.6. The van der Waals surface area contributed by atoms with Crippen LogP contribution in [0.15, 0.2) is 241 Å². The first-order valence-corrected chi connectivity index (χ1v) is 23.5. The number of aromatic nitrogens is 4. The second-order valence-corrected chi connectivity index (χ2v) is 17.5. The number of fused-ring (bicyclic) bond motifs is 6. The SMILES string of the molecule is C1=CC(c2cc(-c3nc(-c4ccccc4)nc(-c4ccccc4)n3)cc(-c3ccccc3)c2N(c2ccccc2)c2ccc3c(c2)oc2cc4c(cc23)c2ccccc2n4-c2ccccc2)=CCC1. The minimum absolute atomic E-state index is 0.600. The molecule has 1 aliphatic carbocycles. The molecule has 0 aliphatic heterocycles. The summed E-state index contributed by atoms with van der Waals surface area (Å²) in [5.74, 6) is 1.84. The predicted octanol–water partition coefficient (Wildman–Crippen LogP) is 16.7. The normalized spacial score (nSPS) is 12.6. The molecule has 3 heterocycles. The van der Waals surface area contributed by atoms with Gasteiger partial charge in [0.05, 0.1) is 16.7 Å². The van der Waals surface area contributed by atoms with Gasteiger partial charge in [-0.05, 0) is 84.6 Å². The topological polar surface area (TPSA) is 60.0 Å². The standard InChI is InChI=1S/C63H43N5O/c1-7-21-42(22-8-1)52-37-46(63-65-61(44-25-11-3-12-26-44)64-62(66-63)45-27-13-4-14-28-45)38-53(43-23-9-2-10-24-43)60(52)67(47-29-15-5-16-30-47)49-35-36-51-55-40-54-50-33-19-20-34-56(50)68(48-31-17-6-18-32-48)57(54)41-59(55)69-58(51)39-49/h1,3-9,11-41H,2,10H2. The van der Waals surface area contributed by atoms with Crippen molar-refractivity contribution in [1.29, 1.82) is 0 Å². The highest BCUT2D eigenvalue weighted by molar-refractivity contribution is 6.17. The highest BCUT2D eigenvalue weighted by Crippen LogP contribution is 2.49. The summed E-state index contributed by atoms with van der Waals surface area (Å²) in [5, 5.41) is 4.55. The van der Waals surface area contributed by atoms with Crippen LogP contribution in [-0.4, -0.2) is 19.5 Å². The van der Waals surface area contributed by atoms with Crippen molar-refractivity contribution in [1.82, 2.24) is 19.5 Å². The van der Waals surface area contributed by atoms with E-state index in [-0.39, 0.29) is 0 Å². The van der Waals surface area contributed by atoms with Gasteiger partial charge in [0.15, 0.2) is 17.5 Å². The Morgan fingerprint density at radius 2 is 0.986 bits per heavy atom. The monoisotopic (exact) mass is 885 g/mol. The van der Waals surface area contributed by atoms with Crippen LogP contribution in [0.1, 0.15) is 18.4 Å². The van der Waals surface area contributed by atoms with Crippen LogP contribution in [0.3, 0.4) is 0 Å². The summed E-state index contributed by atoms with van der Waals surface area (Å²) in [6.07, 6.45) is 8.82. The van der Waals surface area contributed by atoms with Crippen molar-refractivity contribution in [2.24, 2.45) is 0 Å². The number of hydrogen-bond donors (Lipinski definition) is 0. The fourth-order valence-corrected chi connectivity index (χ4v) is 10.0. The predicted molar refractivity (Wildman–Crippen MR) is 284 cm³/mol. The minimum atomic E-state index is 0.600. The third-order valence-electron chi connectivity index (χ3n) is 13.2. The first-order valence-electron chi connectivity index (χ1n) is 23.5. The van der Waals surface area contributed by atoms with E-state index in [0.29, 0.717) is 17.5 Å². The summed E-state index contributed by atoms with van der Waals surface area (Å²) < 4.78 is 9.30. The fraction of sp³-hybridized carbons (Fsp3) is 0.0317. The molecule has 326 valence electrons. The van der Waals surface area contributed by atoms with Crippen molar-refractivity contribution in [3.8, 4) is 51.0 Å². The van der Waals surface area contributed by atoms with Crippen LogP contribution >= 0.6 is 0 Å². The van der Waals surface area contributed by atoms with Gasteiger partial charge in [0.2, 0.25) is 0 Å². The van der Waals surface area contributed by atoms with E-state index in [0.717, 1.165) is 102 Å². The second kappa shape index (κ2) is 16.9. The molecular weight excluding hydrogens is 843 g/mol. The van der Waals surface area contributed by atoms with Gasteiger partial charge in [0.25, 0.3) is 0 Å². The maximum atomic E-state index is 6.96. The Morgan fingerprint density at radius 1 is 0.406 bits per heavy atom. The number of anilines is 3. The molecule has 6 nitrogen and oxygen atoms in total. The highest BCUT2D eigenvalue weighted by Gasteiger charge is 2.26. The molecule has 1 aliphatic rings. The number of rotatable bonds is 9. The number of benzene rings is 9. The van der Waals surface area contributed by atoms with Crippen LogP contribution in [0.2, 0.25) is 0 Å². The summed E-state index contributed by atoms with van der Waals surface area (Å²) in [4.78, 5) is 17.9. The van der Waals surface area contributed by atoms with Crippen LogP contribution in [0.5, 0.6) is 0 Å². The molecule has 0 fully saturated rings.